The summed E-state index contributed by atoms with van der Waals surface area (Å²) in [6.07, 6.45) is -0.332. The highest BCUT2D eigenvalue weighted by molar-refractivity contribution is 5.21. The van der Waals surface area contributed by atoms with E-state index in [1.54, 1.807) is 14.2 Å². The molecule has 1 heterocycles. The number of hydrogen-bond donors (Lipinski definition) is 1. The molecule has 0 aliphatic carbocycles. The van der Waals surface area contributed by atoms with Crippen LogP contribution in [0, 0.1) is 0 Å². The van der Waals surface area contributed by atoms with Crippen LogP contribution in [-0.2, 0) is 9.47 Å². The normalized spacial score (nSPS) is 15.3. The van der Waals surface area contributed by atoms with Gasteiger partial charge in [0.1, 0.15) is 12.2 Å². The molecule has 2 rings (SSSR count). The van der Waals surface area contributed by atoms with Gasteiger partial charge >= 0.3 is 0 Å². The van der Waals surface area contributed by atoms with Crippen molar-refractivity contribution in [2.24, 2.45) is 0 Å². The minimum absolute atomic E-state index is 0.0998. The average molecular weight is 304 g/mol. The molecule has 1 aromatic heterocycles. The van der Waals surface area contributed by atoms with Gasteiger partial charge in [0.15, 0.2) is 11.6 Å². The molecule has 2 aromatic rings. The summed E-state index contributed by atoms with van der Waals surface area (Å²) in [7, 11) is 3.31. The highest BCUT2D eigenvalue weighted by Gasteiger charge is 2.22. The minimum Gasteiger partial charge on any atom is -0.374 e. The molecule has 0 saturated carbocycles. The second-order valence-electron chi connectivity index (χ2n) is 5.27. The van der Waals surface area contributed by atoms with Gasteiger partial charge in [0.25, 0.3) is 0 Å². The molecule has 3 unspecified atom stereocenters. The lowest BCUT2D eigenvalue weighted by molar-refractivity contribution is 0.101. The number of methoxy groups -OCH3 is 2. The Morgan fingerprint density at radius 2 is 1.41 bits per heavy atom. The molecule has 0 saturated heterocycles. The topological polar surface area (TPSA) is 61.2 Å². The van der Waals surface area contributed by atoms with Gasteiger partial charge in [-0.25, -0.2) is 4.68 Å². The molecule has 6 nitrogen and oxygen atoms in total. The number of nitrogens with zero attached hydrogens (tertiary/aromatic N) is 3. The quantitative estimate of drug-likeness (QED) is 0.852. The van der Waals surface area contributed by atoms with Crippen molar-refractivity contribution in [1.82, 2.24) is 14.9 Å². The maximum Gasteiger partial charge on any atom is 0.180 e. The summed E-state index contributed by atoms with van der Waals surface area (Å²) in [5.41, 5.74) is 4.62. The summed E-state index contributed by atoms with van der Waals surface area (Å²) >= 11 is 0. The lowest BCUT2D eigenvalue weighted by Crippen LogP contribution is -2.25. The molecule has 0 radical (unpaired) electrons. The highest BCUT2D eigenvalue weighted by Crippen LogP contribution is 2.22. The van der Waals surface area contributed by atoms with Crippen molar-refractivity contribution < 1.29 is 9.47 Å². The molecule has 0 fully saturated rings. The largest absolute Gasteiger partial charge is 0.374 e. The first kappa shape index (κ1) is 16.5. The number of benzene rings is 1. The third-order valence-electron chi connectivity index (χ3n) is 3.77. The fourth-order valence-corrected chi connectivity index (χ4v) is 2.19. The van der Waals surface area contributed by atoms with Crippen LogP contribution in [0.1, 0.15) is 56.2 Å². The Labute approximate surface area is 131 Å². The summed E-state index contributed by atoms with van der Waals surface area (Å²) < 4.78 is 12.6. The smallest absolute Gasteiger partial charge is 0.180 e. The van der Waals surface area contributed by atoms with Crippen LogP contribution in [0.3, 0.4) is 0 Å². The van der Waals surface area contributed by atoms with Crippen LogP contribution in [0.25, 0.3) is 0 Å². The summed E-state index contributed by atoms with van der Waals surface area (Å²) in [6.45, 7) is 5.98. The van der Waals surface area contributed by atoms with E-state index in [2.05, 4.69) is 34.7 Å². The molecule has 0 amide bonds. The van der Waals surface area contributed by atoms with Crippen molar-refractivity contribution in [3.05, 3.63) is 47.5 Å². The average Bonchev–Trinajstić information content (AvgIpc) is 2.97. The number of nitrogens with one attached hydrogen (secondary N) is 1. The van der Waals surface area contributed by atoms with E-state index in [-0.39, 0.29) is 18.2 Å². The minimum atomic E-state index is -0.166. The molecular weight excluding hydrogens is 280 g/mol. The van der Waals surface area contributed by atoms with Gasteiger partial charge in [0.2, 0.25) is 0 Å². The fraction of sp³-hybridized carbons (Fsp3) is 0.500. The molecule has 0 bridgehead atoms. The van der Waals surface area contributed by atoms with E-state index in [9.17, 15) is 0 Å². The summed E-state index contributed by atoms with van der Waals surface area (Å²) in [6, 6.07) is 10.3. The first-order valence-corrected chi connectivity index (χ1v) is 7.40. The van der Waals surface area contributed by atoms with Crippen LogP contribution in [0.4, 0.5) is 0 Å². The van der Waals surface area contributed by atoms with Crippen molar-refractivity contribution in [2.45, 2.75) is 39.0 Å². The van der Waals surface area contributed by atoms with Crippen molar-refractivity contribution in [3.8, 4) is 0 Å². The SMILES string of the molecule is COC(C)c1nnc(C(C)OC)n1NC(C)c1ccccc1. The molecule has 6 heteroatoms. The Hall–Kier alpha value is -1.92. The van der Waals surface area contributed by atoms with E-state index in [1.807, 2.05) is 36.7 Å². The van der Waals surface area contributed by atoms with E-state index in [0.29, 0.717) is 0 Å². The zero-order chi connectivity index (χ0) is 16.1. The van der Waals surface area contributed by atoms with E-state index in [0.717, 1.165) is 11.6 Å². The molecule has 1 aromatic carbocycles. The summed E-state index contributed by atoms with van der Waals surface area (Å²) in [5, 5.41) is 8.50. The van der Waals surface area contributed by atoms with Crippen LogP contribution < -0.4 is 5.43 Å². The third-order valence-corrected chi connectivity index (χ3v) is 3.77. The number of ether oxygens (including phenoxy) is 2. The van der Waals surface area contributed by atoms with Crippen molar-refractivity contribution in [3.63, 3.8) is 0 Å². The maximum absolute atomic E-state index is 5.39. The predicted molar refractivity (Wildman–Crippen MR) is 85.1 cm³/mol. The second-order valence-corrected chi connectivity index (χ2v) is 5.27. The standard InChI is InChI=1S/C16H24N4O2/c1-11(14-9-7-6-8-10-14)19-20-15(12(2)21-4)17-18-16(20)13(3)22-5/h6-13,19H,1-5H3. The van der Waals surface area contributed by atoms with Gasteiger partial charge in [0, 0.05) is 14.2 Å². The number of aromatic nitrogens is 3. The van der Waals surface area contributed by atoms with Crippen LogP contribution in [0.15, 0.2) is 30.3 Å². The second kappa shape index (κ2) is 7.38. The zero-order valence-electron chi connectivity index (χ0n) is 13.8. The van der Waals surface area contributed by atoms with E-state index in [4.69, 9.17) is 9.47 Å². The van der Waals surface area contributed by atoms with Gasteiger partial charge in [-0.3, -0.25) is 0 Å². The van der Waals surface area contributed by atoms with E-state index in [1.165, 1.54) is 5.56 Å². The van der Waals surface area contributed by atoms with Crippen LogP contribution >= 0.6 is 0 Å². The van der Waals surface area contributed by atoms with Crippen LogP contribution in [-0.4, -0.2) is 29.1 Å². The lowest BCUT2D eigenvalue weighted by Gasteiger charge is -2.22. The molecule has 3 atom stereocenters. The van der Waals surface area contributed by atoms with E-state index < -0.39 is 0 Å². The fourth-order valence-electron chi connectivity index (χ4n) is 2.19. The molecule has 22 heavy (non-hydrogen) atoms. The van der Waals surface area contributed by atoms with Gasteiger partial charge in [-0.1, -0.05) is 30.3 Å². The monoisotopic (exact) mass is 304 g/mol. The van der Waals surface area contributed by atoms with Gasteiger partial charge in [-0.05, 0) is 26.3 Å². The number of hydrogen-bond acceptors (Lipinski definition) is 5. The van der Waals surface area contributed by atoms with Gasteiger partial charge < -0.3 is 14.9 Å². The summed E-state index contributed by atoms with van der Waals surface area (Å²) in [4.78, 5) is 0. The predicted octanol–water partition coefficient (Wildman–Crippen LogP) is 3.00. The maximum atomic E-state index is 5.39. The van der Waals surface area contributed by atoms with Crippen molar-refractivity contribution in [2.75, 3.05) is 19.6 Å². The molecule has 1 N–H and O–H groups in total. The Bertz CT molecular complexity index is 558. The molecule has 0 spiro atoms. The molecular formula is C16H24N4O2. The summed E-state index contributed by atoms with van der Waals surface area (Å²) in [5.74, 6) is 1.45. The van der Waals surface area contributed by atoms with Crippen LogP contribution in [0.2, 0.25) is 0 Å². The first-order chi connectivity index (χ1) is 10.6. The first-order valence-electron chi connectivity index (χ1n) is 7.40. The Kier molecular flexibility index (Phi) is 5.51. The number of rotatable bonds is 7. The molecule has 0 aliphatic heterocycles. The third kappa shape index (κ3) is 3.45. The highest BCUT2D eigenvalue weighted by atomic mass is 16.5. The molecule has 0 aliphatic rings. The van der Waals surface area contributed by atoms with Gasteiger partial charge in [-0.2, -0.15) is 0 Å². The van der Waals surface area contributed by atoms with Crippen molar-refractivity contribution >= 4 is 0 Å². The van der Waals surface area contributed by atoms with E-state index >= 15 is 0 Å². The molecule has 120 valence electrons. The van der Waals surface area contributed by atoms with Gasteiger partial charge in [-0.15, -0.1) is 10.2 Å². The Balaban J connectivity index is 2.32. The Morgan fingerprint density at radius 1 is 0.909 bits per heavy atom. The lowest BCUT2D eigenvalue weighted by atomic mass is 10.1. The van der Waals surface area contributed by atoms with Crippen molar-refractivity contribution in [1.29, 1.82) is 0 Å². The van der Waals surface area contributed by atoms with Gasteiger partial charge in [0.05, 0.1) is 6.04 Å². The Morgan fingerprint density at radius 3 is 1.86 bits per heavy atom. The zero-order valence-corrected chi connectivity index (χ0v) is 13.8. The van der Waals surface area contributed by atoms with Crippen LogP contribution in [0.5, 0.6) is 0 Å².